The minimum atomic E-state index is -0.359. The summed E-state index contributed by atoms with van der Waals surface area (Å²) in [7, 11) is 0. The fourth-order valence-corrected chi connectivity index (χ4v) is 4.26. The Bertz CT molecular complexity index is 955. The van der Waals surface area contributed by atoms with E-state index in [0.717, 1.165) is 30.1 Å². The number of morpholine rings is 1. The molecule has 3 heterocycles. The average Bonchev–Trinajstić information content (AvgIpc) is 2.99. The number of amides is 1. The van der Waals surface area contributed by atoms with Crippen molar-refractivity contribution in [3.63, 3.8) is 0 Å². The zero-order valence-corrected chi connectivity index (χ0v) is 15.2. The molecule has 0 saturated carbocycles. The van der Waals surface area contributed by atoms with Gasteiger partial charge in [0.1, 0.15) is 16.5 Å². The molecule has 26 heavy (non-hydrogen) atoms. The lowest BCUT2D eigenvalue weighted by atomic mass is 10.2. The molecule has 0 atom stereocenters. The minimum absolute atomic E-state index is 0.326. The summed E-state index contributed by atoms with van der Waals surface area (Å²) >= 11 is 7.44. The van der Waals surface area contributed by atoms with Crippen LogP contribution in [0, 0.1) is 5.82 Å². The standard InChI is InChI=1S/C18H15ClFN3O2S/c19-16-13-3-1-11(20)9-14(13)26-17(16)18(24)22-15-4-2-12(10-21-15)23-5-7-25-8-6-23/h1-4,9-10H,5-8H2,(H,21,22,24). The van der Waals surface area contributed by atoms with Gasteiger partial charge in [-0.05, 0) is 30.3 Å². The maximum Gasteiger partial charge on any atom is 0.268 e. The highest BCUT2D eigenvalue weighted by atomic mass is 35.5. The van der Waals surface area contributed by atoms with E-state index in [1.807, 2.05) is 6.07 Å². The van der Waals surface area contributed by atoms with Crippen molar-refractivity contribution in [1.29, 1.82) is 0 Å². The van der Waals surface area contributed by atoms with E-state index >= 15 is 0 Å². The molecule has 1 aromatic carbocycles. The number of nitrogens with zero attached hydrogens (tertiary/aromatic N) is 2. The van der Waals surface area contributed by atoms with Crippen molar-refractivity contribution in [3.8, 4) is 0 Å². The predicted octanol–water partition coefficient (Wildman–Crippen LogP) is 4.18. The predicted molar refractivity (Wildman–Crippen MR) is 102 cm³/mol. The number of fused-ring (bicyclic) bond motifs is 1. The number of halogens is 2. The van der Waals surface area contributed by atoms with E-state index in [4.69, 9.17) is 16.3 Å². The molecule has 4 rings (SSSR count). The molecule has 1 N–H and O–H groups in total. The number of aromatic nitrogens is 1. The number of anilines is 2. The van der Waals surface area contributed by atoms with Gasteiger partial charge in [-0.1, -0.05) is 11.6 Å². The third-order valence-electron chi connectivity index (χ3n) is 4.16. The molecule has 134 valence electrons. The van der Waals surface area contributed by atoms with Gasteiger partial charge in [0.15, 0.2) is 0 Å². The van der Waals surface area contributed by atoms with Gasteiger partial charge in [-0.15, -0.1) is 11.3 Å². The number of pyridine rings is 1. The number of ether oxygens (including phenoxy) is 1. The van der Waals surface area contributed by atoms with Crippen LogP contribution in [-0.2, 0) is 4.74 Å². The Balaban J connectivity index is 1.52. The van der Waals surface area contributed by atoms with E-state index in [2.05, 4.69) is 15.2 Å². The monoisotopic (exact) mass is 391 g/mol. The third-order valence-corrected chi connectivity index (χ3v) is 5.82. The van der Waals surface area contributed by atoms with Crippen molar-refractivity contribution >= 4 is 50.4 Å². The Morgan fingerprint density at radius 2 is 2.08 bits per heavy atom. The molecule has 2 aromatic heterocycles. The van der Waals surface area contributed by atoms with Crippen molar-refractivity contribution in [1.82, 2.24) is 4.98 Å². The molecule has 5 nitrogen and oxygen atoms in total. The van der Waals surface area contributed by atoms with Crippen LogP contribution >= 0.6 is 22.9 Å². The van der Waals surface area contributed by atoms with Crippen LogP contribution < -0.4 is 10.2 Å². The summed E-state index contributed by atoms with van der Waals surface area (Å²) in [5.74, 6) is -0.280. The number of benzene rings is 1. The first-order chi connectivity index (χ1) is 12.6. The number of nitrogens with one attached hydrogen (secondary N) is 1. The van der Waals surface area contributed by atoms with Gasteiger partial charge in [-0.25, -0.2) is 9.37 Å². The van der Waals surface area contributed by atoms with Crippen LogP contribution in [0.4, 0.5) is 15.9 Å². The number of rotatable bonds is 3. The largest absolute Gasteiger partial charge is 0.378 e. The van der Waals surface area contributed by atoms with Crippen LogP contribution in [0.2, 0.25) is 5.02 Å². The topological polar surface area (TPSA) is 54.5 Å². The number of thiophene rings is 1. The third kappa shape index (κ3) is 3.38. The second kappa shape index (κ2) is 7.19. The summed E-state index contributed by atoms with van der Waals surface area (Å²) in [6.07, 6.45) is 1.73. The SMILES string of the molecule is O=C(Nc1ccc(N2CCOCC2)cn1)c1sc2cc(F)ccc2c1Cl. The fourth-order valence-electron chi connectivity index (χ4n) is 2.83. The number of hydrogen-bond donors (Lipinski definition) is 1. The highest BCUT2D eigenvalue weighted by molar-refractivity contribution is 7.21. The smallest absolute Gasteiger partial charge is 0.268 e. The lowest BCUT2D eigenvalue weighted by molar-refractivity contribution is 0.103. The summed E-state index contributed by atoms with van der Waals surface area (Å²) in [6, 6.07) is 7.95. The number of carbonyl (C=O) groups excluding carboxylic acids is 1. The molecule has 1 fully saturated rings. The first kappa shape index (κ1) is 17.2. The molecule has 0 unspecified atom stereocenters. The van der Waals surface area contributed by atoms with Gasteiger partial charge in [0.25, 0.3) is 5.91 Å². The van der Waals surface area contributed by atoms with Gasteiger partial charge >= 0.3 is 0 Å². The Kier molecular flexibility index (Phi) is 4.76. The number of hydrogen-bond acceptors (Lipinski definition) is 5. The first-order valence-electron chi connectivity index (χ1n) is 8.09. The van der Waals surface area contributed by atoms with Crippen LogP contribution in [0.1, 0.15) is 9.67 Å². The molecule has 0 aliphatic carbocycles. The van der Waals surface area contributed by atoms with Gasteiger partial charge in [0.2, 0.25) is 0 Å². The summed E-state index contributed by atoms with van der Waals surface area (Å²) in [5.41, 5.74) is 0.988. The lowest BCUT2D eigenvalue weighted by Gasteiger charge is -2.28. The number of carbonyl (C=O) groups is 1. The van der Waals surface area contributed by atoms with Crippen molar-refractivity contribution in [2.45, 2.75) is 0 Å². The van der Waals surface area contributed by atoms with Crippen LogP contribution in [0.5, 0.6) is 0 Å². The van der Waals surface area contributed by atoms with Crippen LogP contribution in [0.15, 0.2) is 36.5 Å². The highest BCUT2D eigenvalue weighted by Crippen LogP contribution is 2.36. The maximum atomic E-state index is 13.4. The normalized spacial score (nSPS) is 14.6. The molecular formula is C18H15ClFN3O2S. The molecule has 3 aromatic rings. The Morgan fingerprint density at radius 3 is 2.81 bits per heavy atom. The van der Waals surface area contributed by atoms with Crippen molar-refractivity contribution < 1.29 is 13.9 Å². The maximum absolute atomic E-state index is 13.4. The van der Waals surface area contributed by atoms with E-state index in [9.17, 15) is 9.18 Å². The molecule has 0 bridgehead atoms. The fraction of sp³-hybridized carbons (Fsp3) is 0.222. The van der Waals surface area contributed by atoms with Crippen molar-refractivity contribution in [2.24, 2.45) is 0 Å². The van der Waals surface area contributed by atoms with Crippen LogP contribution in [0.3, 0.4) is 0 Å². The molecule has 1 amide bonds. The molecule has 1 aliphatic heterocycles. The van der Waals surface area contributed by atoms with Crippen molar-refractivity contribution in [3.05, 3.63) is 52.2 Å². The van der Waals surface area contributed by atoms with Gasteiger partial charge in [-0.3, -0.25) is 4.79 Å². The van der Waals surface area contributed by atoms with E-state index < -0.39 is 0 Å². The molecule has 0 radical (unpaired) electrons. The zero-order chi connectivity index (χ0) is 18.1. The van der Waals surface area contributed by atoms with E-state index in [1.54, 1.807) is 18.3 Å². The summed E-state index contributed by atoms with van der Waals surface area (Å²) < 4.78 is 19.3. The zero-order valence-electron chi connectivity index (χ0n) is 13.7. The molecular weight excluding hydrogens is 377 g/mol. The minimum Gasteiger partial charge on any atom is -0.378 e. The second-order valence-corrected chi connectivity index (χ2v) is 7.27. The quantitative estimate of drug-likeness (QED) is 0.727. The summed E-state index contributed by atoms with van der Waals surface area (Å²) in [4.78, 5) is 19.4. The van der Waals surface area contributed by atoms with Gasteiger partial charge in [0, 0.05) is 23.2 Å². The first-order valence-corrected chi connectivity index (χ1v) is 9.29. The Hall–Kier alpha value is -2.22. The molecule has 1 aliphatic rings. The second-order valence-electron chi connectivity index (χ2n) is 5.84. The van der Waals surface area contributed by atoms with Crippen LogP contribution in [0.25, 0.3) is 10.1 Å². The van der Waals surface area contributed by atoms with E-state index in [0.29, 0.717) is 39.0 Å². The van der Waals surface area contributed by atoms with Gasteiger partial charge in [0.05, 0.1) is 30.1 Å². The highest BCUT2D eigenvalue weighted by Gasteiger charge is 2.18. The lowest BCUT2D eigenvalue weighted by Crippen LogP contribution is -2.36. The van der Waals surface area contributed by atoms with E-state index in [1.165, 1.54) is 12.1 Å². The summed E-state index contributed by atoms with van der Waals surface area (Å²) in [5, 5.41) is 3.74. The van der Waals surface area contributed by atoms with Gasteiger partial charge in [-0.2, -0.15) is 0 Å². The average molecular weight is 392 g/mol. The molecule has 0 spiro atoms. The summed E-state index contributed by atoms with van der Waals surface area (Å²) in [6.45, 7) is 3.04. The molecule has 1 saturated heterocycles. The molecule has 8 heteroatoms. The van der Waals surface area contributed by atoms with Crippen molar-refractivity contribution in [2.75, 3.05) is 36.5 Å². The van der Waals surface area contributed by atoms with E-state index in [-0.39, 0.29) is 11.7 Å². The Morgan fingerprint density at radius 1 is 1.27 bits per heavy atom. The van der Waals surface area contributed by atoms with Gasteiger partial charge < -0.3 is 15.0 Å². The van der Waals surface area contributed by atoms with Crippen LogP contribution in [-0.4, -0.2) is 37.2 Å². The Labute approximate surface area is 158 Å².